The topological polar surface area (TPSA) is 101 Å². The zero-order valence-electron chi connectivity index (χ0n) is 21.9. The minimum absolute atomic E-state index is 0.146. The van der Waals surface area contributed by atoms with Crippen molar-refractivity contribution in [1.29, 1.82) is 0 Å². The first-order chi connectivity index (χ1) is 19.3. The van der Waals surface area contributed by atoms with Gasteiger partial charge in [0.15, 0.2) is 0 Å². The normalized spacial score (nSPS) is 13.9. The lowest BCUT2D eigenvalue weighted by Crippen LogP contribution is -2.26. The minimum Gasteiger partial charge on any atom is -0.455 e. The number of rotatable bonds is 11. The van der Waals surface area contributed by atoms with Gasteiger partial charge >= 0.3 is 0 Å². The van der Waals surface area contributed by atoms with E-state index in [0.717, 1.165) is 34.0 Å². The summed E-state index contributed by atoms with van der Waals surface area (Å²) in [5.74, 6) is -0.246. The number of nitrogens with zero attached hydrogens (tertiary/aromatic N) is 1. The number of halogens is 2. The van der Waals surface area contributed by atoms with Crippen LogP contribution in [-0.4, -0.2) is 35.6 Å². The zero-order valence-corrected chi connectivity index (χ0v) is 24.3. The van der Waals surface area contributed by atoms with E-state index in [9.17, 15) is 17.9 Å². The summed E-state index contributed by atoms with van der Waals surface area (Å²) in [6.07, 6.45) is 1.86. The number of anilines is 1. The van der Waals surface area contributed by atoms with Crippen LogP contribution < -0.4 is 9.62 Å². The number of ether oxygens (including phenoxy) is 2. The van der Waals surface area contributed by atoms with Gasteiger partial charge in [0.1, 0.15) is 24.0 Å². The maximum absolute atomic E-state index is 13.6. The Bertz CT molecular complexity index is 1570. The van der Waals surface area contributed by atoms with Gasteiger partial charge in [0.25, 0.3) is 17.2 Å². The van der Waals surface area contributed by atoms with Gasteiger partial charge in [-0.1, -0.05) is 28.1 Å². The average Bonchev–Trinajstić information content (AvgIpc) is 3.73. The van der Waals surface area contributed by atoms with Crippen LogP contribution >= 0.6 is 15.9 Å². The van der Waals surface area contributed by atoms with E-state index in [0.29, 0.717) is 40.2 Å². The van der Waals surface area contributed by atoms with Crippen molar-refractivity contribution in [2.75, 3.05) is 25.3 Å². The standard InChI is InChI=1S/C29H28BrFN2O6S/c1-32-29(34)27-23-12-22(18-4-5-18)25(13-26(23)39-28(27)19-6-8-21(31)9-7-19)33(40(35)36)14-17-3-10-24(30)20(11-17)15-38-16-37-2/h3,6-13,18H,4-5,14-16H2,1-2H3,(H,32,34)(H,35,36). The molecule has 40 heavy (non-hydrogen) atoms. The second-order valence-electron chi connectivity index (χ2n) is 9.52. The third-order valence-electron chi connectivity index (χ3n) is 6.77. The molecule has 0 saturated heterocycles. The highest BCUT2D eigenvalue weighted by Gasteiger charge is 2.32. The molecule has 11 heteroatoms. The molecule has 1 amide bonds. The number of carbonyl (C=O) groups excluding carboxylic acids is 1. The van der Waals surface area contributed by atoms with E-state index in [1.165, 1.54) is 23.5 Å². The van der Waals surface area contributed by atoms with Crippen molar-refractivity contribution in [3.8, 4) is 11.3 Å². The second-order valence-corrected chi connectivity index (χ2v) is 11.3. The van der Waals surface area contributed by atoms with Gasteiger partial charge in [-0.3, -0.25) is 13.7 Å². The fourth-order valence-electron chi connectivity index (χ4n) is 4.70. The molecular weight excluding hydrogens is 603 g/mol. The lowest BCUT2D eigenvalue weighted by molar-refractivity contribution is -0.0392. The summed E-state index contributed by atoms with van der Waals surface area (Å²) >= 11 is 1.17. The third kappa shape index (κ3) is 5.98. The lowest BCUT2D eigenvalue weighted by Gasteiger charge is -2.23. The van der Waals surface area contributed by atoms with Crippen LogP contribution in [0.25, 0.3) is 22.3 Å². The summed E-state index contributed by atoms with van der Waals surface area (Å²) in [5.41, 5.74) is 4.37. The van der Waals surface area contributed by atoms with E-state index in [-0.39, 0.29) is 25.2 Å². The van der Waals surface area contributed by atoms with Crippen molar-refractivity contribution in [2.45, 2.75) is 31.9 Å². The predicted molar refractivity (Wildman–Crippen MR) is 155 cm³/mol. The molecule has 0 bridgehead atoms. The summed E-state index contributed by atoms with van der Waals surface area (Å²) in [7, 11) is 3.09. The van der Waals surface area contributed by atoms with Crippen molar-refractivity contribution < 1.29 is 31.8 Å². The highest BCUT2D eigenvalue weighted by molar-refractivity contribution is 9.10. The van der Waals surface area contributed by atoms with Gasteiger partial charge in [0.2, 0.25) is 0 Å². The lowest BCUT2D eigenvalue weighted by atomic mass is 10.00. The molecule has 0 spiro atoms. The molecule has 1 aliphatic rings. The van der Waals surface area contributed by atoms with Gasteiger partial charge < -0.3 is 19.2 Å². The largest absolute Gasteiger partial charge is 0.455 e. The molecule has 2 N–H and O–H groups in total. The van der Waals surface area contributed by atoms with Crippen LogP contribution in [0.1, 0.15) is 45.8 Å². The number of hydrogen-bond donors (Lipinski definition) is 2. The molecule has 0 aliphatic heterocycles. The molecule has 1 atom stereocenters. The first-order valence-corrected chi connectivity index (χ1v) is 14.5. The van der Waals surface area contributed by atoms with Crippen molar-refractivity contribution in [3.63, 3.8) is 0 Å². The fraction of sp³-hybridized carbons (Fsp3) is 0.276. The molecule has 1 fully saturated rings. The highest BCUT2D eigenvalue weighted by atomic mass is 79.9. The fourth-order valence-corrected chi connectivity index (χ4v) is 5.65. The van der Waals surface area contributed by atoms with Crippen LogP contribution in [0, 0.1) is 5.82 Å². The molecule has 0 radical (unpaired) electrons. The van der Waals surface area contributed by atoms with Crippen LogP contribution in [0.15, 0.2) is 63.5 Å². The summed E-state index contributed by atoms with van der Waals surface area (Å²) in [6, 6.07) is 15.0. The number of fused-ring (bicyclic) bond motifs is 1. The number of nitrogens with one attached hydrogen (secondary N) is 1. The number of furan rings is 1. The van der Waals surface area contributed by atoms with Crippen molar-refractivity contribution >= 4 is 49.8 Å². The molecule has 8 nitrogen and oxygen atoms in total. The Balaban J connectivity index is 1.60. The maximum Gasteiger partial charge on any atom is 0.262 e. The van der Waals surface area contributed by atoms with Crippen molar-refractivity contribution in [2.24, 2.45) is 0 Å². The summed E-state index contributed by atoms with van der Waals surface area (Å²) in [6.45, 7) is 0.604. The molecule has 1 saturated carbocycles. The SMILES string of the molecule is CNC(=O)c1c(-c2ccc(F)cc2)oc2cc(N(Cc3ccc(Br)c(COCOC)c3)S(=O)O)c(C3CC3)cc12. The number of benzene rings is 3. The van der Waals surface area contributed by atoms with Crippen molar-refractivity contribution in [1.82, 2.24) is 5.32 Å². The number of hydrogen-bond acceptors (Lipinski definition) is 5. The zero-order chi connectivity index (χ0) is 28.4. The first kappa shape index (κ1) is 28.4. The molecule has 1 aliphatic carbocycles. The predicted octanol–water partition coefficient (Wildman–Crippen LogP) is 6.50. The van der Waals surface area contributed by atoms with Gasteiger partial charge in [-0.2, -0.15) is 0 Å². The Hall–Kier alpha value is -3.09. The number of methoxy groups -OCH3 is 1. The molecule has 4 aromatic rings. The first-order valence-electron chi connectivity index (χ1n) is 12.6. The molecule has 1 unspecified atom stereocenters. The van der Waals surface area contributed by atoms with E-state index in [1.807, 2.05) is 24.3 Å². The Labute approximate surface area is 242 Å². The van der Waals surface area contributed by atoms with Crippen LogP contribution in [0.2, 0.25) is 0 Å². The molecule has 210 valence electrons. The van der Waals surface area contributed by atoms with Crippen LogP contribution in [0.4, 0.5) is 10.1 Å². The van der Waals surface area contributed by atoms with Crippen LogP contribution in [0.5, 0.6) is 0 Å². The van der Waals surface area contributed by atoms with E-state index < -0.39 is 17.1 Å². The average molecular weight is 632 g/mol. The molecule has 1 aromatic heterocycles. The van der Waals surface area contributed by atoms with Crippen LogP contribution in [-0.2, 0) is 33.9 Å². The summed E-state index contributed by atoms with van der Waals surface area (Å²) in [4.78, 5) is 13.0. The van der Waals surface area contributed by atoms with E-state index in [1.54, 1.807) is 25.3 Å². The smallest absolute Gasteiger partial charge is 0.262 e. The summed E-state index contributed by atoms with van der Waals surface area (Å²) in [5, 5.41) is 3.26. The molecule has 1 heterocycles. The van der Waals surface area contributed by atoms with E-state index >= 15 is 0 Å². The quantitative estimate of drug-likeness (QED) is 0.111. The second kappa shape index (κ2) is 12.2. The Morgan fingerprint density at radius 3 is 2.60 bits per heavy atom. The minimum atomic E-state index is -2.36. The highest BCUT2D eigenvalue weighted by Crippen LogP contribution is 2.48. The maximum atomic E-state index is 13.6. The van der Waals surface area contributed by atoms with Crippen molar-refractivity contribution in [3.05, 3.63) is 87.1 Å². The Morgan fingerprint density at radius 2 is 1.95 bits per heavy atom. The molecular formula is C29H28BrFN2O6S. The molecule has 5 rings (SSSR count). The van der Waals surface area contributed by atoms with Gasteiger partial charge in [-0.15, -0.1) is 0 Å². The van der Waals surface area contributed by atoms with Gasteiger partial charge in [-0.25, -0.2) is 8.60 Å². The monoisotopic (exact) mass is 630 g/mol. The van der Waals surface area contributed by atoms with Gasteiger partial charge in [0, 0.05) is 35.6 Å². The van der Waals surface area contributed by atoms with Gasteiger partial charge in [0.05, 0.1) is 24.4 Å². The number of carbonyl (C=O) groups is 1. The Kier molecular flexibility index (Phi) is 8.67. The van der Waals surface area contributed by atoms with Crippen LogP contribution in [0.3, 0.4) is 0 Å². The molecule has 3 aromatic carbocycles. The third-order valence-corrected chi connectivity index (χ3v) is 8.24. The van der Waals surface area contributed by atoms with E-state index in [4.69, 9.17) is 13.9 Å². The number of amides is 1. The summed E-state index contributed by atoms with van der Waals surface area (Å²) < 4.78 is 55.7. The van der Waals surface area contributed by atoms with E-state index in [2.05, 4.69) is 21.2 Å². The van der Waals surface area contributed by atoms with Gasteiger partial charge in [-0.05, 0) is 71.8 Å². The Morgan fingerprint density at radius 1 is 1.20 bits per heavy atom.